The van der Waals surface area contributed by atoms with Crippen LogP contribution in [0.3, 0.4) is 0 Å². The maximum atomic E-state index is 5.36. The van der Waals surface area contributed by atoms with E-state index < -0.39 is 0 Å². The zero-order chi connectivity index (χ0) is 7.82. The molecular formula is C8H18OS. The molecule has 0 heterocycles. The second kappa shape index (κ2) is 7.42. The number of thiol groups is 1. The molecule has 0 aromatic carbocycles. The molecule has 0 fully saturated rings. The lowest BCUT2D eigenvalue weighted by Crippen LogP contribution is -2.03. The lowest BCUT2D eigenvalue weighted by molar-refractivity contribution is 0.0760. The molecule has 62 valence electrons. The summed E-state index contributed by atoms with van der Waals surface area (Å²) in [5.41, 5.74) is 0. The summed E-state index contributed by atoms with van der Waals surface area (Å²) in [6.07, 6.45) is 4.02. The first-order valence-corrected chi connectivity index (χ1v) is 4.63. The molecule has 0 saturated heterocycles. The molecule has 0 aliphatic rings. The smallest absolute Gasteiger partial charge is 0.0518 e. The molecule has 0 unspecified atom stereocenters. The van der Waals surface area contributed by atoms with E-state index in [1.807, 2.05) is 0 Å². The second-order valence-electron chi connectivity index (χ2n) is 2.70. The van der Waals surface area contributed by atoms with Crippen molar-refractivity contribution in [3.8, 4) is 0 Å². The molecule has 10 heavy (non-hydrogen) atoms. The summed E-state index contributed by atoms with van der Waals surface area (Å²) in [5.74, 6) is 1.00. The zero-order valence-electron chi connectivity index (χ0n) is 6.97. The normalized spacial score (nSPS) is 10.8. The SMILES string of the molecule is CC(C)OCCCCCS. The minimum atomic E-state index is 0.385. The average Bonchev–Trinajstić information content (AvgIpc) is 1.87. The monoisotopic (exact) mass is 162 g/mol. The van der Waals surface area contributed by atoms with Crippen molar-refractivity contribution in [3.63, 3.8) is 0 Å². The lowest BCUT2D eigenvalue weighted by atomic mass is 10.3. The number of hydrogen-bond acceptors (Lipinski definition) is 2. The first-order chi connectivity index (χ1) is 4.77. The van der Waals surface area contributed by atoms with Crippen LogP contribution in [0.2, 0.25) is 0 Å². The van der Waals surface area contributed by atoms with Gasteiger partial charge in [0.2, 0.25) is 0 Å². The Bertz CT molecular complexity index is 64.3. The summed E-state index contributed by atoms with van der Waals surface area (Å²) < 4.78 is 5.36. The molecule has 0 aromatic rings. The molecular weight excluding hydrogens is 144 g/mol. The van der Waals surface area contributed by atoms with Gasteiger partial charge in [0.05, 0.1) is 6.10 Å². The van der Waals surface area contributed by atoms with Crippen LogP contribution in [0.25, 0.3) is 0 Å². The van der Waals surface area contributed by atoms with Gasteiger partial charge in [-0.2, -0.15) is 12.6 Å². The maximum Gasteiger partial charge on any atom is 0.0518 e. The van der Waals surface area contributed by atoms with E-state index in [1.54, 1.807) is 0 Å². The molecule has 0 radical (unpaired) electrons. The molecule has 2 heteroatoms. The number of hydrogen-bond donors (Lipinski definition) is 1. The number of rotatable bonds is 6. The summed E-state index contributed by atoms with van der Waals surface area (Å²) in [5, 5.41) is 0. The summed E-state index contributed by atoms with van der Waals surface area (Å²) in [6, 6.07) is 0. The lowest BCUT2D eigenvalue weighted by Gasteiger charge is -2.05. The average molecular weight is 162 g/mol. The maximum absolute atomic E-state index is 5.36. The highest BCUT2D eigenvalue weighted by molar-refractivity contribution is 7.80. The third-order valence-corrected chi connectivity index (χ3v) is 1.57. The number of ether oxygens (including phenoxy) is 1. The predicted molar refractivity (Wildman–Crippen MR) is 48.8 cm³/mol. The molecule has 0 atom stereocenters. The van der Waals surface area contributed by atoms with E-state index in [9.17, 15) is 0 Å². The van der Waals surface area contributed by atoms with Gasteiger partial charge in [0.25, 0.3) is 0 Å². The Morgan fingerprint density at radius 1 is 1.20 bits per heavy atom. The van der Waals surface area contributed by atoms with Gasteiger partial charge >= 0.3 is 0 Å². The van der Waals surface area contributed by atoms with Gasteiger partial charge in [-0.3, -0.25) is 0 Å². The highest BCUT2D eigenvalue weighted by Crippen LogP contribution is 1.98. The fourth-order valence-corrected chi connectivity index (χ4v) is 0.933. The molecule has 0 amide bonds. The highest BCUT2D eigenvalue weighted by Gasteiger charge is 1.91. The van der Waals surface area contributed by atoms with Gasteiger partial charge in [0.1, 0.15) is 0 Å². The van der Waals surface area contributed by atoms with Crippen LogP contribution in [0.1, 0.15) is 33.1 Å². The van der Waals surface area contributed by atoms with Gasteiger partial charge in [0, 0.05) is 6.61 Å². The van der Waals surface area contributed by atoms with Crippen LogP contribution < -0.4 is 0 Å². The number of unbranched alkanes of at least 4 members (excludes halogenated alkanes) is 2. The Kier molecular flexibility index (Phi) is 7.65. The first-order valence-electron chi connectivity index (χ1n) is 4.00. The van der Waals surface area contributed by atoms with E-state index >= 15 is 0 Å². The van der Waals surface area contributed by atoms with Gasteiger partial charge in [0.15, 0.2) is 0 Å². The van der Waals surface area contributed by atoms with E-state index in [0.717, 1.165) is 12.4 Å². The molecule has 0 spiro atoms. The molecule has 1 nitrogen and oxygen atoms in total. The quantitative estimate of drug-likeness (QED) is 0.466. The summed E-state index contributed by atoms with van der Waals surface area (Å²) in [7, 11) is 0. The van der Waals surface area contributed by atoms with Gasteiger partial charge in [-0.15, -0.1) is 0 Å². The van der Waals surface area contributed by atoms with E-state index in [-0.39, 0.29) is 0 Å². The third-order valence-electron chi connectivity index (χ3n) is 1.25. The summed E-state index contributed by atoms with van der Waals surface area (Å²) in [4.78, 5) is 0. The van der Waals surface area contributed by atoms with Crippen molar-refractivity contribution in [2.75, 3.05) is 12.4 Å². The Balaban J connectivity index is 2.77. The van der Waals surface area contributed by atoms with Crippen LogP contribution >= 0.6 is 12.6 Å². The van der Waals surface area contributed by atoms with Gasteiger partial charge in [-0.05, 0) is 32.4 Å². The largest absolute Gasteiger partial charge is 0.379 e. The fourth-order valence-electron chi connectivity index (χ4n) is 0.710. The molecule has 0 aliphatic carbocycles. The van der Waals surface area contributed by atoms with E-state index in [0.29, 0.717) is 6.10 Å². The van der Waals surface area contributed by atoms with Gasteiger partial charge in [-0.1, -0.05) is 6.42 Å². The predicted octanol–water partition coefficient (Wildman–Crippen LogP) is 2.51. The van der Waals surface area contributed by atoms with Gasteiger partial charge in [-0.25, -0.2) is 0 Å². The summed E-state index contributed by atoms with van der Waals surface area (Å²) in [6.45, 7) is 5.04. The van der Waals surface area contributed by atoms with Crippen LogP contribution in [-0.2, 0) is 4.74 Å². The van der Waals surface area contributed by atoms with Crippen molar-refractivity contribution >= 4 is 12.6 Å². The van der Waals surface area contributed by atoms with Crippen molar-refractivity contribution in [3.05, 3.63) is 0 Å². The molecule has 0 bridgehead atoms. The molecule has 0 N–H and O–H groups in total. The highest BCUT2D eigenvalue weighted by atomic mass is 32.1. The van der Waals surface area contributed by atoms with Crippen LogP contribution in [0, 0.1) is 0 Å². The first kappa shape index (κ1) is 10.3. The minimum Gasteiger partial charge on any atom is -0.379 e. The molecule has 0 aliphatic heterocycles. The van der Waals surface area contributed by atoms with Crippen LogP contribution in [0.5, 0.6) is 0 Å². The van der Waals surface area contributed by atoms with Crippen molar-refractivity contribution in [1.82, 2.24) is 0 Å². The zero-order valence-corrected chi connectivity index (χ0v) is 7.86. The topological polar surface area (TPSA) is 9.23 Å². The minimum absolute atomic E-state index is 0.385. The van der Waals surface area contributed by atoms with Crippen molar-refractivity contribution in [1.29, 1.82) is 0 Å². The molecule has 0 saturated carbocycles. The third kappa shape index (κ3) is 8.31. The fraction of sp³-hybridized carbons (Fsp3) is 1.00. The Morgan fingerprint density at radius 2 is 1.90 bits per heavy atom. The van der Waals surface area contributed by atoms with E-state index in [2.05, 4.69) is 26.5 Å². The van der Waals surface area contributed by atoms with Crippen molar-refractivity contribution in [2.45, 2.75) is 39.2 Å². The molecule has 0 rings (SSSR count). The van der Waals surface area contributed by atoms with Gasteiger partial charge < -0.3 is 4.74 Å². The van der Waals surface area contributed by atoms with E-state index in [1.165, 1.54) is 19.3 Å². The van der Waals surface area contributed by atoms with Crippen LogP contribution in [-0.4, -0.2) is 18.5 Å². The Labute approximate surface area is 69.6 Å². The van der Waals surface area contributed by atoms with Crippen molar-refractivity contribution < 1.29 is 4.74 Å². The summed E-state index contributed by atoms with van der Waals surface area (Å²) >= 11 is 4.12. The van der Waals surface area contributed by atoms with Crippen molar-refractivity contribution in [2.24, 2.45) is 0 Å². The van der Waals surface area contributed by atoms with Crippen LogP contribution in [0.4, 0.5) is 0 Å². The Hall–Kier alpha value is 0.310. The standard InChI is InChI=1S/C8H18OS/c1-8(2)9-6-4-3-5-7-10/h8,10H,3-7H2,1-2H3. The van der Waals surface area contributed by atoms with E-state index in [4.69, 9.17) is 4.74 Å². The Morgan fingerprint density at radius 3 is 2.40 bits per heavy atom. The van der Waals surface area contributed by atoms with Crippen LogP contribution in [0.15, 0.2) is 0 Å². The molecule has 0 aromatic heterocycles. The second-order valence-corrected chi connectivity index (χ2v) is 3.15.